The Balaban J connectivity index is 1.75. The molecule has 36 heavy (non-hydrogen) atoms. The Kier molecular flexibility index (Phi) is 7.36. The molecule has 1 saturated heterocycles. The summed E-state index contributed by atoms with van der Waals surface area (Å²) >= 11 is 0. The van der Waals surface area contributed by atoms with Gasteiger partial charge in [-0.3, -0.25) is 9.59 Å². The maximum absolute atomic E-state index is 13.9. The molecule has 4 rings (SSSR count). The molecule has 2 aromatic carbocycles. The second kappa shape index (κ2) is 10.5. The number of nitrogens with one attached hydrogen (secondary N) is 1. The number of alkyl halides is 3. The minimum atomic E-state index is -4.87. The summed E-state index contributed by atoms with van der Waals surface area (Å²) in [5.41, 5.74) is -0.828. The zero-order valence-corrected chi connectivity index (χ0v) is 18.7. The molecule has 1 unspecified atom stereocenters. The monoisotopic (exact) mass is 507 g/mol. The highest BCUT2D eigenvalue weighted by atomic mass is 19.4. The SMILES string of the molecule is O=C(NC(CO)[C@H]1CCOC1)c1cc(-c2ccc(OC(F)(F)F)cc2)nn(-c2cccc(F)c2)c1=O. The second-order valence-corrected chi connectivity index (χ2v) is 8.10. The predicted octanol–water partition coefficient (Wildman–Crippen LogP) is 3.06. The van der Waals surface area contributed by atoms with E-state index in [1.807, 2.05) is 0 Å². The van der Waals surface area contributed by atoms with Crippen molar-refractivity contribution in [1.82, 2.24) is 15.1 Å². The number of hydrogen-bond donors (Lipinski definition) is 2. The van der Waals surface area contributed by atoms with Crippen LogP contribution < -0.4 is 15.6 Å². The second-order valence-electron chi connectivity index (χ2n) is 8.10. The first kappa shape index (κ1) is 25.3. The summed E-state index contributed by atoms with van der Waals surface area (Å²) < 4.78 is 61.4. The first-order chi connectivity index (χ1) is 17.1. The Bertz CT molecular complexity index is 1290. The molecule has 8 nitrogen and oxygen atoms in total. The Morgan fingerprint density at radius 1 is 1.22 bits per heavy atom. The maximum atomic E-state index is 13.9. The summed E-state index contributed by atoms with van der Waals surface area (Å²) in [4.78, 5) is 26.3. The lowest BCUT2D eigenvalue weighted by Crippen LogP contribution is -2.45. The van der Waals surface area contributed by atoms with Gasteiger partial charge in [-0.05, 0) is 55.0 Å². The van der Waals surface area contributed by atoms with Crippen molar-refractivity contribution < 1.29 is 36.9 Å². The number of nitrogens with zero attached hydrogens (tertiary/aromatic N) is 2. The van der Waals surface area contributed by atoms with Gasteiger partial charge in [-0.15, -0.1) is 13.2 Å². The normalized spacial score (nSPS) is 16.5. The molecule has 1 aromatic heterocycles. The molecule has 0 radical (unpaired) electrons. The lowest BCUT2D eigenvalue weighted by Gasteiger charge is -2.21. The first-order valence-corrected chi connectivity index (χ1v) is 10.9. The van der Waals surface area contributed by atoms with E-state index in [0.717, 1.165) is 22.9 Å². The van der Waals surface area contributed by atoms with Gasteiger partial charge in [-0.1, -0.05) is 6.07 Å². The molecule has 12 heteroatoms. The van der Waals surface area contributed by atoms with Gasteiger partial charge < -0.3 is 19.9 Å². The van der Waals surface area contributed by atoms with E-state index < -0.39 is 35.4 Å². The summed E-state index contributed by atoms with van der Waals surface area (Å²) in [5.74, 6) is -2.05. The van der Waals surface area contributed by atoms with Gasteiger partial charge in [0.25, 0.3) is 11.5 Å². The average Bonchev–Trinajstić information content (AvgIpc) is 3.37. The number of ether oxygens (including phenoxy) is 2. The van der Waals surface area contributed by atoms with E-state index in [4.69, 9.17) is 4.74 Å². The van der Waals surface area contributed by atoms with Crippen LogP contribution in [0.1, 0.15) is 16.8 Å². The van der Waals surface area contributed by atoms with Crippen LogP contribution >= 0.6 is 0 Å². The maximum Gasteiger partial charge on any atom is 0.573 e. The van der Waals surface area contributed by atoms with Gasteiger partial charge in [-0.25, -0.2) is 4.39 Å². The van der Waals surface area contributed by atoms with Crippen LogP contribution in [0.4, 0.5) is 17.6 Å². The molecule has 2 heterocycles. The summed E-state index contributed by atoms with van der Waals surface area (Å²) in [6, 6.07) is 10.2. The third-order valence-electron chi connectivity index (χ3n) is 5.64. The molecule has 0 spiro atoms. The number of benzene rings is 2. The number of aliphatic hydroxyl groups is 1. The number of halogens is 4. The van der Waals surface area contributed by atoms with Crippen molar-refractivity contribution >= 4 is 5.91 Å². The van der Waals surface area contributed by atoms with Crippen molar-refractivity contribution in [1.29, 1.82) is 0 Å². The molecule has 190 valence electrons. The number of amides is 1. The lowest BCUT2D eigenvalue weighted by molar-refractivity contribution is -0.274. The van der Waals surface area contributed by atoms with Crippen LogP contribution in [0.3, 0.4) is 0 Å². The average molecular weight is 507 g/mol. The molecule has 1 aliphatic rings. The van der Waals surface area contributed by atoms with Crippen molar-refractivity contribution in [3.05, 3.63) is 76.3 Å². The van der Waals surface area contributed by atoms with Crippen LogP contribution in [0.25, 0.3) is 16.9 Å². The fraction of sp³-hybridized carbons (Fsp3) is 0.292. The van der Waals surface area contributed by atoms with E-state index in [1.54, 1.807) is 0 Å². The van der Waals surface area contributed by atoms with Crippen LogP contribution in [0, 0.1) is 11.7 Å². The van der Waals surface area contributed by atoms with Crippen molar-refractivity contribution in [3.8, 4) is 22.7 Å². The highest BCUT2D eigenvalue weighted by molar-refractivity contribution is 5.95. The third kappa shape index (κ3) is 5.89. The molecule has 1 amide bonds. The van der Waals surface area contributed by atoms with E-state index in [-0.39, 0.29) is 35.0 Å². The Labute approximate surface area is 202 Å². The van der Waals surface area contributed by atoms with Crippen LogP contribution in [-0.2, 0) is 4.74 Å². The topological polar surface area (TPSA) is 103 Å². The Hall–Kier alpha value is -3.77. The first-order valence-electron chi connectivity index (χ1n) is 10.9. The lowest BCUT2D eigenvalue weighted by atomic mass is 9.99. The molecule has 2 atom stereocenters. The highest BCUT2D eigenvalue weighted by Gasteiger charge is 2.31. The molecule has 1 aliphatic heterocycles. The molecule has 0 bridgehead atoms. The van der Waals surface area contributed by atoms with Gasteiger partial charge in [-0.2, -0.15) is 9.78 Å². The molecule has 2 N–H and O–H groups in total. The van der Waals surface area contributed by atoms with Crippen LogP contribution in [0.2, 0.25) is 0 Å². The van der Waals surface area contributed by atoms with Gasteiger partial charge in [0.05, 0.1) is 30.6 Å². The summed E-state index contributed by atoms with van der Waals surface area (Å²) in [6.45, 7) is 0.445. The predicted molar refractivity (Wildman–Crippen MR) is 119 cm³/mol. The van der Waals surface area contributed by atoms with Gasteiger partial charge in [0.2, 0.25) is 0 Å². The molecule has 0 aliphatic carbocycles. The van der Waals surface area contributed by atoms with E-state index in [9.17, 15) is 32.3 Å². The third-order valence-corrected chi connectivity index (χ3v) is 5.64. The molecule has 0 saturated carbocycles. The van der Waals surface area contributed by atoms with Crippen molar-refractivity contribution in [2.24, 2.45) is 5.92 Å². The van der Waals surface area contributed by atoms with Crippen LogP contribution in [0.5, 0.6) is 5.75 Å². The number of carbonyl (C=O) groups excluding carboxylic acids is 1. The molecule has 1 fully saturated rings. The molecule has 3 aromatic rings. The van der Waals surface area contributed by atoms with E-state index in [1.165, 1.54) is 36.4 Å². The minimum absolute atomic E-state index is 0.0378. The van der Waals surface area contributed by atoms with Crippen LogP contribution in [-0.4, -0.2) is 53.0 Å². The number of hydrogen-bond acceptors (Lipinski definition) is 6. The molecular weight excluding hydrogens is 486 g/mol. The van der Waals surface area contributed by atoms with E-state index in [0.29, 0.717) is 19.6 Å². The fourth-order valence-corrected chi connectivity index (χ4v) is 3.84. The minimum Gasteiger partial charge on any atom is -0.406 e. The quantitative estimate of drug-likeness (QED) is 0.477. The summed E-state index contributed by atoms with van der Waals surface area (Å²) in [7, 11) is 0. The van der Waals surface area contributed by atoms with Crippen molar-refractivity contribution in [3.63, 3.8) is 0 Å². The fourth-order valence-electron chi connectivity index (χ4n) is 3.84. The van der Waals surface area contributed by atoms with Gasteiger partial charge in [0.15, 0.2) is 0 Å². The number of rotatable bonds is 7. The highest BCUT2D eigenvalue weighted by Crippen LogP contribution is 2.26. The summed E-state index contributed by atoms with van der Waals surface area (Å²) in [5, 5.41) is 16.6. The van der Waals surface area contributed by atoms with E-state index in [2.05, 4.69) is 15.2 Å². The van der Waals surface area contributed by atoms with Crippen LogP contribution in [0.15, 0.2) is 59.4 Å². The number of aliphatic hydroxyl groups excluding tert-OH is 1. The standard InChI is InChI=1S/C24H21F4N3O5/c25-16-2-1-3-17(10-16)31-23(34)19(22(33)29-21(12-32)15-8-9-35-13-15)11-20(30-31)14-4-6-18(7-5-14)36-24(26,27)28/h1-7,10-11,15,21,32H,8-9,12-13H2,(H,29,33)/t15-,21?/m0/s1. The Morgan fingerprint density at radius 2 is 1.97 bits per heavy atom. The van der Waals surface area contributed by atoms with E-state index >= 15 is 0 Å². The number of aromatic nitrogens is 2. The zero-order chi connectivity index (χ0) is 25.9. The largest absolute Gasteiger partial charge is 0.573 e. The number of carbonyl (C=O) groups is 1. The van der Waals surface area contributed by atoms with Crippen molar-refractivity contribution in [2.75, 3.05) is 19.8 Å². The smallest absolute Gasteiger partial charge is 0.406 e. The molecular formula is C24H21F4N3O5. The van der Waals surface area contributed by atoms with Gasteiger partial charge >= 0.3 is 6.36 Å². The summed E-state index contributed by atoms with van der Waals surface area (Å²) in [6.07, 6.45) is -4.25. The Morgan fingerprint density at radius 3 is 2.58 bits per heavy atom. The zero-order valence-electron chi connectivity index (χ0n) is 18.7. The van der Waals surface area contributed by atoms with Gasteiger partial charge in [0, 0.05) is 18.1 Å². The van der Waals surface area contributed by atoms with Gasteiger partial charge in [0.1, 0.15) is 17.1 Å². The van der Waals surface area contributed by atoms with Crippen molar-refractivity contribution in [2.45, 2.75) is 18.8 Å².